The van der Waals surface area contributed by atoms with Crippen LogP contribution in [0.5, 0.6) is 0 Å². The van der Waals surface area contributed by atoms with Gasteiger partial charge in [-0.3, -0.25) is 9.59 Å². The molecule has 0 radical (unpaired) electrons. The van der Waals surface area contributed by atoms with Gasteiger partial charge in [-0.15, -0.1) is 0 Å². The van der Waals surface area contributed by atoms with E-state index in [0.717, 1.165) is 25.7 Å². The van der Waals surface area contributed by atoms with Crippen molar-refractivity contribution >= 4 is 33.2 Å². The second-order valence-corrected chi connectivity index (χ2v) is 8.16. The molecule has 7 nitrogen and oxygen atoms in total. The maximum absolute atomic E-state index is 12.8. The Morgan fingerprint density at radius 2 is 1.54 bits per heavy atom. The summed E-state index contributed by atoms with van der Waals surface area (Å²) in [7, 11) is -3.61. The number of nitrogens with zero attached hydrogens (tertiary/aromatic N) is 1. The van der Waals surface area contributed by atoms with Crippen LogP contribution in [0.15, 0.2) is 23.1 Å². The summed E-state index contributed by atoms with van der Waals surface area (Å²) in [5, 5.41) is 5.27. The molecule has 2 aliphatic heterocycles. The third kappa shape index (κ3) is 3.16. The molecule has 0 spiro atoms. The standard InChI is InChI=1S/C16H21N3O4S/c1-11-15(20)17-13-7-6-12(10-14(13)18-16(11)21)24(22,23)19-8-4-2-3-5-9-19/h6-7,10-11H,2-5,8-9H2,1H3,(H,17,20)(H,18,21)/t11-/m1/s1. The summed E-state index contributed by atoms with van der Waals surface area (Å²) in [6, 6.07) is 4.42. The topological polar surface area (TPSA) is 95.6 Å². The van der Waals surface area contributed by atoms with Crippen LogP contribution < -0.4 is 10.6 Å². The lowest BCUT2D eigenvalue weighted by Crippen LogP contribution is -2.32. The lowest BCUT2D eigenvalue weighted by atomic mass is 10.1. The molecular formula is C16H21N3O4S. The number of anilines is 2. The zero-order valence-corrected chi connectivity index (χ0v) is 14.4. The number of rotatable bonds is 2. The van der Waals surface area contributed by atoms with Crippen LogP contribution in [0, 0.1) is 5.92 Å². The van der Waals surface area contributed by atoms with Crippen LogP contribution in [-0.2, 0) is 19.6 Å². The fourth-order valence-corrected chi connectivity index (χ4v) is 4.47. The molecule has 1 saturated heterocycles. The lowest BCUT2D eigenvalue weighted by molar-refractivity contribution is -0.128. The van der Waals surface area contributed by atoms with Gasteiger partial charge >= 0.3 is 0 Å². The second-order valence-electron chi connectivity index (χ2n) is 6.23. The minimum absolute atomic E-state index is 0.132. The van der Waals surface area contributed by atoms with Crippen LogP contribution in [0.25, 0.3) is 0 Å². The van der Waals surface area contributed by atoms with Crippen molar-refractivity contribution in [1.29, 1.82) is 0 Å². The number of hydrogen-bond acceptors (Lipinski definition) is 4. The zero-order chi connectivity index (χ0) is 17.3. The minimum atomic E-state index is -3.61. The highest BCUT2D eigenvalue weighted by Crippen LogP contribution is 2.30. The summed E-state index contributed by atoms with van der Waals surface area (Å²) in [6.45, 7) is 2.53. The van der Waals surface area contributed by atoms with Gasteiger partial charge in [-0.2, -0.15) is 4.31 Å². The van der Waals surface area contributed by atoms with E-state index in [2.05, 4.69) is 10.6 Å². The van der Waals surface area contributed by atoms with Crippen LogP contribution in [0.3, 0.4) is 0 Å². The molecule has 8 heteroatoms. The fourth-order valence-electron chi connectivity index (χ4n) is 2.93. The van der Waals surface area contributed by atoms with Gasteiger partial charge in [-0.05, 0) is 38.0 Å². The summed E-state index contributed by atoms with van der Waals surface area (Å²) in [4.78, 5) is 24.0. The molecule has 130 valence electrons. The van der Waals surface area contributed by atoms with Crippen molar-refractivity contribution in [2.24, 2.45) is 5.92 Å². The van der Waals surface area contributed by atoms with Crippen LogP contribution in [0.1, 0.15) is 32.6 Å². The third-order valence-corrected chi connectivity index (χ3v) is 6.39. The molecule has 0 saturated carbocycles. The second kappa shape index (κ2) is 6.52. The van der Waals surface area contributed by atoms with Gasteiger partial charge in [0.2, 0.25) is 21.8 Å². The van der Waals surface area contributed by atoms with Gasteiger partial charge < -0.3 is 10.6 Å². The van der Waals surface area contributed by atoms with E-state index in [0.29, 0.717) is 24.5 Å². The summed E-state index contributed by atoms with van der Waals surface area (Å²) in [6.07, 6.45) is 3.79. The first-order chi connectivity index (χ1) is 11.4. The Bertz CT molecular complexity index is 768. The van der Waals surface area contributed by atoms with Crippen molar-refractivity contribution < 1.29 is 18.0 Å². The molecule has 0 aromatic heterocycles. The molecule has 2 heterocycles. The van der Waals surface area contributed by atoms with Gasteiger partial charge in [-0.25, -0.2) is 8.42 Å². The van der Waals surface area contributed by atoms with E-state index in [9.17, 15) is 18.0 Å². The maximum Gasteiger partial charge on any atom is 0.243 e. The van der Waals surface area contributed by atoms with Crippen molar-refractivity contribution in [1.82, 2.24) is 4.31 Å². The van der Waals surface area contributed by atoms with Crippen LogP contribution >= 0.6 is 0 Å². The first-order valence-corrected chi connectivity index (χ1v) is 9.59. The Morgan fingerprint density at radius 3 is 2.17 bits per heavy atom. The highest BCUT2D eigenvalue weighted by Gasteiger charge is 2.29. The number of fused-ring (bicyclic) bond motifs is 1. The van der Waals surface area contributed by atoms with Crippen molar-refractivity contribution in [3.8, 4) is 0 Å². The fraction of sp³-hybridized carbons (Fsp3) is 0.500. The van der Waals surface area contributed by atoms with E-state index >= 15 is 0 Å². The zero-order valence-electron chi connectivity index (χ0n) is 13.5. The Labute approximate surface area is 141 Å². The molecule has 0 unspecified atom stereocenters. The van der Waals surface area contributed by atoms with E-state index in [1.165, 1.54) is 29.4 Å². The summed E-state index contributed by atoms with van der Waals surface area (Å²) >= 11 is 0. The molecule has 2 aliphatic rings. The number of hydrogen-bond donors (Lipinski definition) is 2. The number of sulfonamides is 1. The normalized spacial score (nSPS) is 22.8. The van der Waals surface area contributed by atoms with Gasteiger partial charge in [0.05, 0.1) is 16.3 Å². The van der Waals surface area contributed by atoms with E-state index in [4.69, 9.17) is 0 Å². The smallest absolute Gasteiger partial charge is 0.243 e. The van der Waals surface area contributed by atoms with Crippen molar-refractivity contribution in [3.05, 3.63) is 18.2 Å². The van der Waals surface area contributed by atoms with E-state index in [1.54, 1.807) is 0 Å². The summed E-state index contributed by atoms with van der Waals surface area (Å²) < 4.78 is 27.2. The third-order valence-electron chi connectivity index (χ3n) is 4.50. The maximum atomic E-state index is 12.8. The van der Waals surface area contributed by atoms with Crippen LogP contribution in [0.4, 0.5) is 11.4 Å². The van der Waals surface area contributed by atoms with Gasteiger partial charge in [0, 0.05) is 13.1 Å². The number of amides is 2. The van der Waals surface area contributed by atoms with Crippen molar-refractivity contribution in [3.63, 3.8) is 0 Å². The molecule has 2 amide bonds. The molecular weight excluding hydrogens is 330 g/mol. The molecule has 24 heavy (non-hydrogen) atoms. The monoisotopic (exact) mass is 351 g/mol. The number of nitrogens with one attached hydrogen (secondary N) is 2. The van der Waals surface area contributed by atoms with Gasteiger partial charge in [0.25, 0.3) is 0 Å². The van der Waals surface area contributed by atoms with Crippen LogP contribution in [0.2, 0.25) is 0 Å². The van der Waals surface area contributed by atoms with Gasteiger partial charge in [0.1, 0.15) is 5.92 Å². The minimum Gasteiger partial charge on any atom is -0.324 e. The highest BCUT2D eigenvalue weighted by molar-refractivity contribution is 7.89. The molecule has 0 bridgehead atoms. The largest absolute Gasteiger partial charge is 0.324 e. The predicted molar refractivity (Wildman–Crippen MR) is 90.1 cm³/mol. The van der Waals surface area contributed by atoms with Crippen molar-refractivity contribution in [2.75, 3.05) is 23.7 Å². The predicted octanol–water partition coefficient (Wildman–Crippen LogP) is 1.78. The van der Waals surface area contributed by atoms with E-state index in [-0.39, 0.29) is 4.90 Å². The molecule has 1 aromatic rings. The molecule has 1 fully saturated rings. The quantitative estimate of drug-likeness (QED) is 0.794. The molecule has 1 aromatic carbocycles. The van der Waals surface area contributed by atoms with Gasteiger partial charge in [-0.1, -0.05) is 12.8 Å². The Hall–Kier alpha value is -1.93. The Morgan fingerprint density at radius 1 is 0.958 bits per heavy atom. The summed E-state index contributed by atoms with van der Waals surface area (Å²) in [5.41, 5.74) is 0.723. The average molecular weight is 351 g/mol. The highest BCUT2D eigenvalue weighted by atomic mass is 32.2. The van der Waals surface area contributed by atoms with E-state index in [1.807, 2.05) is 0 Å². The lowest BCUT2D eigenvalue weighted by Gasteiger charge is -2.20. The Kier molecular flexibility index (Phi) is 4.60. The summed E-state index contributed by atoms with van der Waals surface area (Å²) in [5.74, 6) is -1.69. The molecule has 0 aliphatic carbocycles. The van der Waals surface area contributed by atoms with Crippen LogP contribution in [-0.4, -0.2) is 37.6 Å². The SMILES string of the molecule is C[C@@H]1C(=O)Nc2ccc(S(=O)(=O)N3CCCCCC3)cc2NC1=O. The molecule has 1 atom stereocenters. The Balaban J connectivity index is 1.95. The number of benzene rings is 1. The molecule has 2 N–H and O–H groups in total. The van der Waals surface area contributed by atoms with Crippen molar-refractivity contribution in [2.45, 2.75) is 37.5 Å². The first-order valence-electron chi connectivity index (χ1n) is 8.15. The molecule has 3 rings (SSSR count). The first kappa shape index (κ1) is 16.9. The van der Waals surface area contributed by atoms with E-state index < -0.39 is 27.8 Å². The van der Waals surface area contributed by atoms with Gasteiger partial charge in [0.15, 0.2) is 0 Å². The number of carbonyl (C=O) groups is 2. The number of carbonyl (C=O) groups excluding carboxylic acids is 2. The average Bonchev–Trinajstić information content (AvgIpc) is 2.89.